The molecule has 0 bridgehead atoms. The molecule has 0 aliphatic carbocycles. The molecule has 1 saturated heterocycles. The van der Waals surface area contributed by atoms with Gasteiger partial charge in [0.2, 0.25) is 5.91 Å². The first-order chi connectivity index (χ1) is 6.74. The molecular formula is C10H15N3O. The van der Waals surface area contributed by atoms with Gasteiger partial charge in [-0.25, -0.2) is 0 Å². The van der Waals surface area contributed by atoms with Gasteiger partial charge in [-0.15, -0.1) is 0 Å². The molecule has 1 amide bonds. The van der Waals surface area contributed by atoms with Crippen LogP contribution in [0.25, 0.3) is 0 Å². The van der Waals surface area contributed by atoms with Crippen molar-refractivity contribution in [3.8, 4) is 0 Å². The highest BCUT2D eigenvalue weighted by atomic mass is 16.2. The van der Waals surface area contributed by atoms with Crippen LogP contribution < -0.4 is 5.73 Å². The molecule has 2 atom stereocenters. The van der Waals surface area contributed by atoms with E-state index < -0.39 is 0 Å². The Bertz CT molecular complexity index is 320. The summed E-state index contributed by atoms with van der Waals surface area (Å²) in [6, 6.07) is 3.85. The molecule has 2 heterocycles. The summed E-state index contributed by atoms with van der Waals surface area (Å²) >= 11 is 0. The van der Waals surface area contributed by atoms with E-state index in [0.29, 0.717) is 6.42 Å². The van der Waals surface area contributed by atoms with E-state index in [-0.39, 0.29) is 18.0 Å². The Morgan fingerprint density at radius 3 is 3.07 bits per heavy atom. The van der Waals surface area contributed by atoms with E-state index in [1.54, 1.807) is 0 Å². The predicted molar refractivity (Wildman–Crippen MR) is 53.5 cm³/mol. The Balaban J connectivity index is 2.28. The second-order valence-corrected chi connectivity index (χ2v) is 3.62. The van der Waals surface area contributed by atoms with Crippen LogP contribution in [-0.4, -0.2) is 28.4 Å². The Morgan fingerprint density at radius 1 is 1.71 bits per heavy atom. The molecule has 3 N–H and O–H groups in total. The number of nitrogens with two attached hydrogens (primary N) is 1. The maximum absolute atomic E-state index is 11.6. The van der Waals surface area contributed by atoms with Crippen molar-refractivity contribution in [1.82, 2.24) is 9.88 Å². The zero-order valence-corrected chi connectivity index (χ0v) is 8.23. The van der Waals surface area contributed by atoms with Crippen molar-refractivity contribution in [2.45, 2.75) is 25.4 Å². The third-order valence-electron chi connectivity index (χ3n) is 2.75. The van der Waals surface area contributed by atoms with Gasteiger partial charge in [0, 0.05) is 30.9 Å². The molecular weight excluding hydrogens is 178 g/mol. The molecule has 0 aromatic carbocycles. The van der Waals surface area contributed by atoms with Gasteiger partial charge in [-0.3, -0.25) is 4.79 Å². The number of aromatic amines is 1. The van der Waals surface area contributed by atoms with E-state index in [0.717, 1.165) is 12.2 Å². The number of nitrogens with zero attached hydrogens (tertiary/aromatic N) is 1. The van der Waals surface area contributed by atoms with Gasteiger partial charge in [-0.2, -0.15) is 0 Å². The van der Waals surface area contributed by atoms with Gasteiger partial charge in [0.25, 0.3) is 0 Å². The fourth-order valence-corrected chi connectivity index (χ4v) is 2.12. The molecule has 14 heavy (non-hydrogen) atoms. The minimum atomic E-state index is -0.0823. The molecule has 1 aliphatic rings. The zero-order chi connectivity index (χ0) is 10.1. The summed E-state index contributed by atoms with van der Waals surface area (Å²) in [5, 5.41) is 0. The SMILES string of the molecule is CCN1C(=O)CC(N)C1c1ccc[nH]1. The monoisotopic (exact) mass is 193 g/mol. The number of nitrogens with one attached hydrogen (secondary N) is 1. The molecule has 4 nitrogen and oxygen atoms in total. The van der Waals surface area contributed by atoms with E-state index in [1.807, 2.05) is 30.2 Å². The van der Waals surface area contributed by atoms with Crippen molar-refractivity contribution >= 4 is 5.91 Å². The average Bonchev–Trinajstić information content (AvgIpc) is 2.72. The van der Waals surface area contributed by atoms with Crippen LogP contribution in [0.3, 0.4) is 0 Å². The smallest absolute Gasteiger partial charge is 0.224 e. The van der Waals surface area contributed by atoms with Crippen LogP contribution in [0.15, 0.2) is 18.3 Å². The fourth-order valence-electron chi connectivity index (χ4n) is 2.12. The molecule has 1 aromatic rings. The highest BCUT2D eigenvalue weighted by Crippen LogP contribution is 2.30. The minimum Gasteiger partial charge on any atom is -0.363 e. The van der Waals surface area contributed by atoms with Crippen LogP contribution in [0.2, 0.25) is 0 Å². The maximum atomic E-state index is 11.6. The molecule has 1 aliphatic heterocycles. The van der Waals surface area contributed by atoms with E-state index >= 15 is 0 Å². The molecule has 2 rings (SSSR count). The summed E-state index contributed by atoms with van der Waals surface area (Å²) in [6.45, 7) is 2.70. The quantitative estimate of drug-likeness (QED) is 0.723. The lowest BCUT2D eigenvalue weighted by molar-refractivity contribution is -0.128. The highest BCUT2D eigenvalue weighted by Gasteiger charge is 2.37. The highest BCUT2D eigenvalue weighted by molar-refractivity contribution is 5.80. The lowest BCUT2D eigenvalue weighted by Gasteiger charge is -2.24. The molecule has 2 unspecified atom stereocenters. The number of hydrogen-bond donors (Lipinski definition) is 2. The van der Waals surface area contributed by atoms with Gasteiger partial charge in [0.05, 0.1) is 6.04 Å². The number of hydrogen-bond acceptors (Lipinski definition) is 2. The van der Waals surface area contributed by atoms with E-state index in [9.17, 15) is 4.79 Å². The Hall–Kier alpha value is -1.29. The lowest BCUT2D eigenvalue weighted by atomic mass is 10.1. The minimum absolute atomic E-state index is 0.0301. The number of H-pyrrole nitrogens is 1. The van der Waals surface area contributed by atoms with Crippen molar-refractivity contribution in [2.24, 2.45) is 5.73 Å². The van der Waals surface area contributed by atoms with Gasteiger partial charge in [-0.1, -0.05) is 0 Å². The number of amides is 1. The molecule has 1 fully saturated rings. The third kappa shape index (κ3) is 1.32. The van der Waals surface area contributed by atoms with Crippen LogP contribution >= 0.6 is 0 Å². The summed E-state index contributed by atoms with van der Waals surface area (Å²) in [5.41, 5.74) is 6.98. The Labute approximate surface area is 83.1 Å². The van der Waals surface area contributed by atoms with Crippen molar-refractivity contribution in [3.63, 3.8) is 0 Å². The Kier molecular flexibility index (Phi) is 2.29. The van der Waals surface area contributed by atoms with Crippen LogP contribution in [0.5, 0.6) is 0 Å². The number of carbonyl (C=O) groups is 1. The average molecular weight is 193 g/mol. The predicted octanol–water partition coefficient (Wildman–Crippen LogP) is 0.635. The normalized spacial score (nSPS) is 27.3. The molecule has 0 saturated carbocycles. The lowest BCUT2D eigenvalue weighted by Crippen LogP contribution is -2.33. The second kappa shape index (κ2) is 3.46. The Morgan fingerprint density at radius 2 is 2.50 bits per heavy atom. The summed E-state index contributed by atoms with van der Waals surface area (Å²) in [7, 11) is 0. The first-order valence-corrected chi connectivity index (χ1v) is 4.92. The molecule has 0 spiro atoms. The second-order valence-electron chi connectivity index (χ2n) is 3.62. The van der Waals surface area contributed by atoms with Crippen molar-refractivity contribution < 1.29 is 4.79 Å². The van der Waals surface area contributed by atoms with E-state index in [4.69, 9.17) is 5.73 Å². The van der Waals surface area contributed by atoms with Gasteiger partial charge in [0.15, 0.2) is 0 Å². The van der Waals surface area contributed by atoms with E-state index in [1.165, 1.54) is 0 Å². The third-order valence-corrected chi connectivity index (χ3v) is 2.75. The molecule has 76 valence electrons. The summed E-state index contributed by atoms with van der Waals surface area (Å²) in [5.74, 6) is 0.152. The van der Waals surface area contributed by atoms with Gasteiger partial charge in [0.1, 0.15) is 0 Å². The largest absolute Gasteiger partial charge is 0.363 e. The van der Waals surface area contributed by atoms with Crippen LogP contribution in [0.4, 0.5) is 0 Å². The first-order valence-electron chi connectivity index (χ1n) is 4.92. The number of likely N-dealkylation sites (tertiary alicyclic amines) is 1. The van der Waals surface area contributed by atoms with Gasteiger partial charge in [-0.05, 0) is 19.1 Å². The standard InChI is InChI=1S/C10H15N3O/c1-2-13-9(14)6-7(11)10(13)8-4-3-5-12-8/h3-5,7,10,12H,2,6,11H2,1H3. The number of likely N-dealkylation sites (N-methyl/N-ethyl adjacent to an activating group) is 1. The summed E-state index contributed by atoms with van der Waals surface area (Å²) in [4.78, 5) is 16.5. The number of rotatable bonds is 2. The number of aromatic nitrogens is 1. The van der Waals surface area contributed by atoms with Gasteiger partial charge >= 0.3 is 0 Å². The van der Waals surface area contributed by atoms with Crippen molar-refractivity contribution in [2.75, 3.05) is 6.54 Å². The van der Waals surface area contributed by atoms with E-state index in [2.05, 4.69) is 4.98 Å². The van der Waals surface area contributed by atoms with Crippen LogP contribution in [0, 0.1) is 0 Å². The molecule has 1 aromatic heterocycles. The number of carbonyl (C=O) groups excluding carboxylic acids is 1. The molecule has 4 heteroatoms. The fraction of sp³-hybridized carbons (Fsp3) is 0.500. The van der Waals surface area contributed by atoms with Crippen LogP contribution in [0.1, 0.15) is 25.1 Å². The maximum Gasteiger partial charge on any atom is 0.224 e. The summed E-state index contributed by atoms with van der Waals surface area (Å²) < 4.78 is 0. The van der Waals surface area contributed by atoms with Crippen LogP contribution in [-0.2, 0) is 4.79 Å². The van der Waals surface area contributed by atoms with Crippen molar-refractivity contribution in [1.29, 1.82) is 0 Å². The molecule has 0 radical (unpaired) electrons. The van der Waals surface area contributed by atoms with Gasteiger partial charge < -0.3 is 15.6 Å². The first kappa shape index (κ1) is 9.27. The summed E-state index contributed by atoms with van der Waals surface area (Å²) in [6.07, 6.45) is 2.32. The zero-order valence-electron chi connectivity index (χ0n) is 8.23. The van der Waals surface area contributed by atoms with Crippen molar-refractivity contribution in [3.05, 3.63) is 24.0 Å². The topological polar surface area (TPSA) is 62.1 Å².